The summed E-state index contributed by atoms with van der Waals surface area (Å²) in [5.74, 6) is 2.75. The molecule has 142 valence electrons. The Kier molecular flexibility index (Phi) is 4.53. The molecule has 3 heteroatoms. The minimum Gasteiger partial charge on any atom is -0.384 e. The van der Waals surface area contributed by atoms with Gasteiger partial charge in [-0.15, -0.1) is 0 Å². The van der Waals surface area contributed by atoms with Crippen LogP contribution in [0.2, 0.25) is 5.02 Å². The minimum atomic E-state index is 0. The minimum absolute atomic E-state index is 0. The van der Waals surface area contributed by atoms with E-state index in [-0.39, 0.29) is 1.43 Å². The van der Waals surface area contributed by atoms with E-state index in [0.29, 0.717) is 5.41 Å². The zero-order chi connectivity index (χ0) is 17.6. The van der Waals surface area contributed by atoms with Crippen LogP contribution in [-0.4, -0.2) is 31.1 Å². The van der Waals surface area contributed by atoms with Crippen LogP contribution in [0.5, 0.6) is 0 Å². The third-order valence-electron chi connectivity index (χ3n) is 7.63. The summed E-state index contributed by atoms with van der Waals surface area (Å²) in [5, 5.41) is 4.51. The number of piperidine rings is 1. The summed E-state index contributed by atoms with van der Waals surface area (Å²) in [6.07, 6.45) is 14.6. The van der Waals surface area contributed by atoms with Crippen molar-refractivity contribution < 1.29 is 1.43 Å². The normalized spacial score (nSPS) is 32.9. The molecule has 2 fully saturated rings. The third-order valence-corrected chi connectivity index (χ3v) is 7.87. The molecular weight excluding hydrogens is 340 g/mol. The van der Waals surface area contributed by atoms with Crippen molar-refractivity contribution in [2.24, 2.45) is 17.8 Å². The van der Waals surface area contributed by atoms with Crippen molar-refractivity contribution >= 4 is 17.3 Å². The van der Waals surface area contributed by atoms with Crippen LogP contribution in [0, 0.1) is 17.8 Å². The van der Waals surface area contributed by atoms with E-state index < -0.39 is 0 Å². The number of hydrogen-bond acceptors (Lipinski definition) is 2. The summed E-state index contributed by atoms with van der Waals surface area (Å²) in [4.78, 5) is 2.76. The van der Waals surface area contributed by atoms with Crippen LogP contribution in [0.15, 0.2) is 30.4 Å². The molecule has 2 nitrogen and oxygen atoms in total. The third kappa shape index (κ3) is 3.20. The van der Waals surface area contributed by atoms with Crippen LogP contribution in [0.25, 0.3) is 0 Å². The number of likely N-dealkylation sites (tertiary alicyclic amines) is 1. The number of anilines is 1. The standard InChI is InChI=1S/C23H31ClN2.H2/c24-20-6-7-22-21(14-20)23(16-25-22)8-10-26(11-9-23)15-19-5-4-17-2-1-3-18(12-17)13-19;/h1,3,6-7,14,17-19,25H,2,4-5,8-13,15-16H2;1H. The van der Waals surface area contributed by atoms with Gasteiger partial charge in [0.1, 0.15) is 0 Å². The summed E-state index contributed by atoms with van der Waals surface area (Å²) in [6, 6.07) is 6.39. The number of benzene rings is 1. The lowest BCUT2D eigenvalue weighted by atomic mass is 9.74. The maximum absolute atomic E-state index is 6.30. The van der Waals surface area contributed by atoms with Gasteiger partial charge in [0.15, 0.2) is 0 Å². The number of hydrogen-bond donors (Lipinski definition) is 1. The molecule has 1 aromatic rings. The SMILES string of the molecule is Clc1ccc2c(c1)C1(CCN(CC3CCC4CC=CC(C4)C3)CC1)CN2.[HH]. The molecule has 0 aromatic heterocycles. The number of allylic oxidation sites excluding steroid dienone is 2. The lowest BCUT2D eigenvalue weighted by molar-refractivity contribution is 0.140. The molecule has 2 bridgehead atoms. The Morgan fingerprint density at radius 3 is 2.96 bits per heavy atom. The monoisotopic (exact) mass is 372 g/mol. The Bertz CT molecular complexity index is 696. The second-order valence-electron chi connectivity index (χ2n) is 9.33. The van der Waals surface area contributed by atoms with Gasteiger partial charge in [-0.3, -0.25) is 0 Å². The van der Waals surface area contributed by atoms with Gasteiger partial charge in [0.05, 0.1) is 0 Å². The Morgan fingerprint density at radius 1 is 1.19 bits per heavy atom. The Hall–Kier alpha value is -0.990. The smallest absolute Gasteiger partial charge is 0.0410 e. The molecule has 1 spiro atoms. The van der Waals surface area contributed by atoms with Crippen molar-refractivity contribution in [2.45, 2.75) is 50.4 Å². The highest BCUT2D eigenvalue weighted by Gasteiger charge is 2.41. The van der Waals surface area contributed by atoms with Crippen LogP contribution in [0.4, 0.5) is 5.69 Å². The topological polar surface area (TPSA) is 15.3 Å². The van der Waals surface area contributed by atoms with Gasteiger partial charge in [0.2, 0.25) is 0 Å². The fourth-order valence-corrected chi connectivity index (χ4v) is 6.28. The average molecular weight is 373 g/mol. The summed E-state index contributed by atoms with van der Waals surface area (Å²) >= 11 is 6.30. The van der Waals surface area contributed by atoms with Gasteiger partial charge in [-0.25, -0.2) is 0 Å². The second-order valence-corrected chi connectivity index (χ2v) is 9.77. The molecule has 26 heavy (non-hydrogen) atoms. The van der Waals surface area contributed by atoms with Crippen molar-refractivity contribution in [1.82, 2.24) is 4.90 Å². The molecule has 1 saturated carbocycles. The molecule has 3 atom stereocenters. The van der Waals surface area contributed by atoms with Gasteiger partial charge in [-0.1, -0.05) is 23.8 Å². The zero-order valence-electron chi connectivity index (χ0n) is 15.7. The van der Waals surface area contributed by atoms with E-state index in [0.717, 1.165) is 29.3 Å². The molecule has 2 aliphatic heterocycles. The van der Waals surface area contributed by atoms with Crippen LogP contribution in [0.3, 0.4) is 0 Å². The molecule has 2 aliphatic carbocycles. The van der Waals surface area contributed by atoms with Crippen molar-refractivity contribution in [3.05, 3.63) is 40.9 Å². The summed E-state index contributed by atoms with van der Waals surface area (Å²) in [6.45, 7) is 4.90. The highest BCUT2D eigenvalue weighted by molar-refractivity contribution is 6.30. The van der Waals surface area contributed by atoms with E-state index in [1.165, 1.54) is 75.8 Å². The lowest BCUT2D eigenvalue weighted by Gasteiger charge is -2.40. The Balaban J connectivity index is 0.00000180. The van der Waals surface area contributed by atoms with Crippen molar-refractivity contribution in [1.29, 1.82) is 0 Å². The van der Waals surface area contributed by atoms with Gasteiger partial charge in [-0.2, -0.15) is 0 Å². The van der Waals surface area contributed by atoms with E-state index in [1.54, 1.807) is 0 Å². The first-order chi connectivity index (χ1) is 12.7. The van der Waals surface area contributed by atoms with Gasteiger partial charge in [-0.05, 0) is 99.6 Å². The molecule has 1 saturated heterocycles. The van der Waals surface area contributed by atoms with Crippen molar-refractivity contribution in [2.75, 3.05) is 31.5 Å². The molecule has 1 N–H and O–H groups in total. The fourth-order valence-electron chi connectivity index (χ4n) is 6.10. The van der Waals surface area contributed by atoms with Crippen LogP contribution >= 0.6 is 11.6 Å². The highest BCUT2D eigenvalue weighted by Crippen LogP contribution is 2.45. The quantitative estimate of drug-likeness (QED) is 0.667. The molecular formula is C23H33ClN2. The number of fused-ring (bicyclic) bond motifs is 4. The largest absolute Gasteiger partial charge is 0.384 e. The van der Waals surface area contributed by atoms with Gasteiger partial charge >= 0.3 is 0 Å². The fraction of sp³-hybridized carbons (Fsp3) is 0.652. The lowest BCUT2D eigenvalue weighted by Crippen LogP contribution is -2.45. The predicted molar refractivity (Wildman–Crippen MR) is 112 cm³/mol. The van der Waals surface area contributed by atoms with Gasteiger partial charge in [0.25, 0.3) is 0 Å². The highest BCUT2D eigenvalue weighted by atomic mass is 35.5. The average Bonchev–Trinajstić information content (AvgIpc) is 2.92. The molecule has 4 aliphatic rings. The summed E-state index contributed by atoms with van der Waals surface area (Å²) < 4.78 is 0. The van der Waals surface area contributed by atoms with Crippen LogP contribution < -0.4 is 5.32 Å². The first-order valence-corrected chi connectivity index (χ1v) is 11.0. The van der Waals surface area contributed by atoms with Gasteiger partial charge < -0.3 is 10.2 Å². The van der Waals surface area contributed by atoms with E-state index in [9.17, 15) is 0 Å². The Labute approximate surface area is 164 Å². The number of rotatable bonds is 2. The van der Waals surface area contributed by atoms with Crippen LogP contribution in [-0.2, 0) is 5.41 Å². The zero-order valence-corrected chi connectivity index (χ0v) is 16.5. The summed E-state index contributed by atoms with van der Waals surface area (Å²) in [5.41, 5.74) is 3.10. The molecule has 0 radical (unpaired) electrons. The first-order valence-electron chi connectivity index (χ1n) is 10.6. The van der Waals surface area contributed by atoms with Gasteiger partial charge in [0, 0.05) is 30.6 Å². The Morgan fingerprint density at radius 2 is 2.08 bits per heavy atom. The van der Waals surface area contributed by atoms with Crippen molar-refractivity contribution in [3.63, 3.8) is 0 Å². The van der Waals surface area contributed by atoms with Crippen molar-refractivity contribution in [3.8, 4) is 0 Å². The second kappa shape index (κ2) is 6.87. The predicted octanol–water partition coefficient (Wildman–Crippen LogP) is 5.73. The van der Waals surface area contributed by atoms with E-state index >= 15 is 0 Å². The molecule has 5 rings (SSSR count). The van der Waals surface area contributed by atoms with E-state index in [4.69, 9.17) is 11.6 Å². The maximum Gasteiger partial charge on any atom is 0.0410 e. The number of nitrogens with one attached hydrogen (secondary N) is 1. The number of nitrogens with zero attached hydrogens (tertiary/aromatic N) is 1. The van der Waals surface area contributed by atoms with E-state index in [1.807, 2.05) is 6.07 Å². The number of halogens is 1. The van der Waals surface area contributed by atoms with E-state index in [2.05, 4.69) is 34.5 Å². The first kappa shape index (κ1) is 17.1. The molecule has 1 aromatic carbocycles. The molecule has 0 amide bonds. The molecule has 3 unspecified atom stereocenters. The maximum atomic E-state index is 6.30. The van der Waals surface area contributed by atoms with Crippen LogP contribution in [0.1, 0.15) is 51.9 Å². The summed E-state index contributed by atoms with van der Waals surface area (Å²) in [7, 11) is 0. The molecule has 2 heterocycles.